The molecule has 2 saturated heterocycles. The first-order valence-electron chi connectivity index (χ1n) is 10.6. The molecular weight excluding hydrogens is 370 g/mol. The SMILES string of the molecule is O=C1CCC(N2Cc3ccc(N4CCC5(CC4)CC(CO)C5)cc3C2=O)C(=O)N1. The Morgan fingerprint density at radius 3 is 2.59 bits per heavy atom. The second-order valence-electron chi connectivity index (χ2n) is 9.19. The summed E-state index contributed by atoms with van der Waals surface area (Å²) in [5.74, 6) is -0.269. The first-order chi connectivity index (χ1) is 14.0. The number of aliphatic hydroxyl groups is 1. The van der Waals surface area contributed by atoms with Crippen LogP contribution in [0.15, 0.2) is 18.2 Å². The third-order valence-electron chi connectivity index (χ3n) is 7.40. The van der Waals surface area contributed by atoms with Crippen LogP contribution in [0, 0.1) is 11.3 Å². The van der Waals surface area contributed by atoms with Crippen LogP contribution >= 0.6 is 0 Å². The number of carbonyl (C=O) groups is 3. The quantitative estimate of drug-likeness (QED) is 0.754. The fourth-order valence-corrected chi connectivity index (χ4v) is 5.68. The van der Waals surface area contributed by atoms with E-state index in [-0.39, 0.29) is 24.1 Å². The molecule has 1 spiro atoms. The third kappa shape index (κ3) is 3.12. The Bertz CT molecular complexity index is 867. The molecule has 7 nitrogen and oxygen atoms in total. The molecule has 154 valence electrons. The zero-order chi connectivity index (χ0) is 20.2. The van der Waals surface area contributed by atoms with Gasteiger partial charge in [-0.15, -0.1) is 0 Å². The second-order valence-corrected chi connectivity index (χ2v) is 9.19. The van der Waals surface area contributed by atoms with E-state index in [1.807, 2.05) is 12.1 Å². The summed E-state index contributed by atoms with van der Waals surface area (Å²) in [5.41, 5.74) is 3.10. The van der Waals surface area contributed by atoms with Crippen LogP contribution in [0.4, 0.5) is 5.69 Å². The molecule has 3 aliphatic heterocycles. The van der Waals surface area contributed by atoms with Crippen LogP contribution in [0.5, 0.6) is 0 Å². The molecule has 1 aliphatic carbocycles. The molecule has 3 fully saturated rings. The smallest absolute Gasteiger partial charge is 0.255 e. The number of nitrogens with zero attached hydrogens (tertiary/aromatic N) is 2. The van der Waals surface area contributed by atoms with Crippen LogP contribution in [0.1, 0.15) is 54.4 Å². The van der Waals surface area contributed by atoms with Gasteiger partial charge in [-0.2, -0.15) is 0 Å². The number of piperidine rings is 2. The lowest BCUT2D eigenvalue weighted by molar-refractivity contribution is -0.136. The molecule has 0 bridgehead atoms. The third-order valence-corrected chi connectivity index (χ3v) is 7.40. The average Bonchev–Trinajstić information content (AvgIpc) is 3.02. The second kappa shape index (κ2) is 6.83. The zero-order valence-corrected chi connectivity index (χ0v) is 16.5. The van der Waals surface area contributed by atoms with Crippen molar-refractivity contribution in [3.8, 4) is 0 Å². The van der Waals surface area contributed by atoms with Crippen molar-refractivity contribution in [1.82, 2.24) is 10.2 Å². The van der Waals surface area contributed by atoms with Crippen LogP contribution in [0.25, 0.3) is 0 Å². The van der Waals surface area contributed by atoms with Gasteiger partial charge in [-0.25, -0.2) is 0 Å². The summed E-state index contributed by atoms with van der Waals surface area (Å²) < 4.78 is 0. The highest BCUT2D eigenvalue weighted by Gasteiger charge is 2.45. The van der Waals surface area contributed by atoms with E-state index in [4.69, 9.17) is 0 Å². The molecule has 0 radical (unpaired) electrons. The summed E-state index contributed by atoms with van der Waals surface area (Å²) in [4.78, 5) is 40.6. The first-order valence-corrected chi connectivity index (χ1v) is 10.6. The number of carbonyl (C=O) groups excluding carboxylic acids is 3. The summed E-state index contributed by atoms with van der Waals surface area (Å²) in [5, 5.41) is 11.6. The molecule has 2 N–H and O–H groups in total. The van der Waals surface area contributed by atoms with Crippen molar-refractivity contribution in [2.24, 2.45) is 11.3 Å². The standard InChI is InChI=1S/C22H27N3O4/c26-13-14-10-22(11-14)5-7-24(8-6-22)16-2-1-15-12-25(21(29)17(15)9-16)18-3-4-19(27)23-20(18)28/h1-2,9,14,18,26H,3-8,10-13H2,(H,23,27,28). The number of imide groups is 1. The van der Waals surface area contributed by atoms with E-state index in [1.165, 1.54) is 0 Å². The maximum Gasteiger partial charge on any atom is 0.255 e. The van der Waals surface area contributed by atoms with Gasteiger partial charge in [-0.3, -0.25) is 19.7 Å². The van der Waals surface area contributed by atoms with Gasteiger partial charge in [0.25, 0.3) is 5.91 Å². The minimum absolute atomic E-state index is 0.116. The maximum atomic E-state index is 13.0. The Kier molecular flexibility index (Phi) is 4.38. The Balaban J connectivity index is 1.27. The number of rotatable bonds is 3. The molecule has 3 amide bonds. The number of benzene rings is 1. The molecular formula is C22H27N3O4. The van der Waals surface area contributed by atoms with E-state index in [9.17, 15) is 19.5 Å². The molecule has 1 saturated carbocycles. The number of aliphatic hydroxyl groups excluding tert-OH is 1. The number of hydrogen-bond acceptors (Lipinski definition) is 5. The van der Waals surface area contributed by atoms with Crippen molar-refractivity contribution in [1.29, 1.82) is 0 Å². The fraction of sp³-hybridized carbons (Fsp3) is 0.591. The van der Waals surface area contributed by atoms with E-state index >= 15 is 0 Å². The summed E-state index contributed by atoms with van der Waals surface area (Å²) in [6, 6.07) is 5.49. The van der Waals surface area contributed by atoms with Crippen LogP contribution in [-0.4, -0.2) is 53.5 Å². The highest BCUT2D eigenvalue weighted by Crippen LogP contribution is 2.52. The van der Waals surface area contributed by atoms with Gasteiger partial charge in [0.15, 0.2) is 0 Å². The lowest BCUT2D eigenvalue weighted by Crippen LogP contribution is -2.52. The Morgan fingerprint density at radius 1 is 1.14 bits per heavy atom. The molecule has 7 heteroatoms. The van der Waals surface area contributed by atoms with Crippen LogP contribution in [0.3, 0.4) is 0 Å². The van der Waals surface area contributed by atoms with Gasteiger partial charge in [-0.05, 0) is 61.1 Å². The Hall–Kier alpha value is -2.41. The molecule has 1 atom stereocenters. The number of fused-ring (bicyclic) bond motifs is 1. The van der Waals surface area contributed by atoms with E-state index in [0.717, 1.165) is 50.0 Å². The van der Waals surface area contributed by atoms with Gasteiger partial charge >= 0.3 is 0 Å². The predicted molar refractivity (Wildman–Crippen MR) is 106 cm³/mol. The van der Waals surface area contributed by atoms with Crippen molar-refractivity contribution < 1.29 is 19.5 Å². The largest absolute Gasteiger partial charge is 0.396 e. The normalized spacial score (nSPS) is 26.5. The molecule has 0 aromatic heterocycles. The topological polar surface area (TPSA) is 90.0 Å². The van der Waals surface area contributed by atoms with E-state index in [0.29, 0.717) is 36.5 Å². The number of hydrogen-bond donors (Lipinski definition) is 2. The van der Waals surface area contributed by atoms with Crippen LogP contribution < -0.4 is 10.2 Å². The van der Waals surface area contributed by atoms with Crippen LogP contribution in [-0.2, 0) is 16.1 Å². The molecule has 3 heterocycles. The van der Waals surface area contributed by atoms with E-state index in [2.05, 4.69) is 16.3 Å². The van der Waals surface area contributed by atoms with Crippen molar-refractivity contribution in [3.63, 3.8) is 0 Å². The molecule has 1 unspecified atom stereocenters. The lowest BCUT2D eigenvalue weighted by atomic mass is 9.58. The minimum Gasteiger partial charge on any atom is -0.396 e. The van der Waals surface area contributed by atoms with Gasteiger partial charge in [0.2, 0.25) is 11.8 Å². The molecule has 1 aromatic carbocycles. The van der Waals surface area contributed by atoms with Gasteiger partial charge in [-0.1, -0.05) is 6.07 Å². The number of anilines is 1. The highest BCUT2D eigenvalue weighted by molar-refractivity contribution is 6.05. The summed E-state index contributed by atoms with van der Waals surface area (Å²) >= 11 is 0. The van der Waals surface area contributed by atoms with E-state index < -0.39 is 6.04 Å². The van der Waals surface area contributed by atoms with Crippen molar-refractivity contribution in [3.05, 3.63) is 29.3 Å². The zero-order valence-electron chi connectivity index (χ0n) is 16.5. The molecule has 1 aromatic rings. The van der Waals surface area contributed by atoms with Crippen molar-refractivity contribution >= 4 is 23.4 Å². The lowest BCUT2D eigenvalue weighted by Gasteiger charge is -2.52. The first kappa shape index (κ1) is 18.6. The Morgan fingerprint density at radius 2 is 1.90 bits per heavy atom. The van der Waals surface area contributed by atoms with Crippen molar-refractivity contribution in [2.75, 3.05) is 24.6 Å². The Labute approximate surface area is 170 Å². The predicted octanol–water partition coefficient (Wildman–Crippen LogP) is 1.44. The fourth-order valence-electron chi connectivity index (χ4n) is 5.68. The van der Waals surface area contributed by atoms with Gasteiger partial charge in [0.1, 0.15) is 6.04 Å². The monoisotopic (exact) mass is 397 g/mol. The van der Waals surface area contributed by atoms with Gasteiger partial charge in [0, 0.05) is 43.9 Å². The summed E-state index contributed by atoms with van der Waals surface area (Å²) in [6.07, 6.45) is 5.21. The summed E-state index contributed by atoms with van der Waals surface area (Å²) in [7, 11) is 0. The molecule has 29 heavy (non-hydrogen) atoms. The minimum atomic E-state index is -0.566. The maximum absolute atomic E-state index is 13.0. The van der Waals surface area contributed by atoms with Gasteiger partial charge in [0.05, 0.1) is 0 Å². The number of amides is 3. The molecule has 5 rings (SSSR count). The van der Waals surface area contributed by atoms with Crippen LogP contribution in [0.2, 0.25) is 0 Å². The average molecular weight is 397 g/mol. The highest BCUT2D eigenvalue weighted by atomic mass is 16.3. The van der Waals surface area contributed by atoms with Crippen molar-refractivity contribution in [2.45, 2.75) is 51.1 Å². The molecule has 4 aliphatic rings. The van der Waals surface area contributed by atoms with Gasteiger partial charge < -0.3 is 14.9 Å². The van der Waals surface area contributed by atoms with E-state index in [1.54, 1.807) is 4.90 Å². The number of nitrogens with one attached hydrogen (secondary N) is 1. The summed E-state index contributed by atoms with van der Waals surface area (Å²) in [6.45, 7) is 2.68.